The van der Waals surface area contributed by atoms with Crippen molar-refractivity contribution < 1.29 is 4.74 Å². The van der Waals surface area contributed by atoms with Gasteiger partial charge in [0, 0.05) is 12.7 Å². The Balaban J connectivity index is 1.93. The average molecular weight is 270 g/mol. The number of anilines is 1. The summed E-state index contributed by atoms with van der Waals surface area (Å²) < 4.78 is 6.12. The Labute approximate surface area is 96.9 Å². The minimum Gasteiger partial charge on any atom is -0.377 e. The van der Waals surface area contributed by atoms with Crippen LogP contribution in [-0.2, 0) is 4.74 Å². The number of rotatable bonds is 3. The van der Waals surface area contributed by atoms with Crippen LogP contribution >= 0.6 is 15.9 Å². The molecule has 0 bridgehead atoms. The fourth-order valence-electron chi connectivity index (χ4n) is 1.37. The standard InChI is InChI=1S/C10H12BrN3O/c11-9-6-12-7-14-10(9)13-5-8-1-3-15-4-2-8/h1,6-7H,2-5H2,(H,12,13,14). The molecule has 0 saturated heterocycles. The van der Waals surface area contributed by atoms with Gasteiger partial charge in [-0.1, -0.05) is 11.6 Å². The van der Waals surface area contributed by atoms with Crippen LogP contribution < -0.4 is 5.32 Å². The predicted molar refractivity (Wildman–Crippen MR) is 61.7 cm³/mol. The number of halogens is 1. The van der Waals surface area contributed by atoms with Gasteiger partial charge in [-0.05, 0) is 22.4 Å². The van der Waals surface area contributed by atoms with Gasteiger partial charge >= 0.3 is 0 Å². The maximum Gasteiger partial charge on any atom is 0.143 e. The lowest BCUT2D eigenvalue weighted by atomic mass is 10.1. The first-order valence-corrected chi connectivity index (χ1v) is 5.60. The van der Waals surface area contributed by atoms with E-state index >= 15 is 0 Å². The zero-order valence-electron chi connectivity index (χ0n) is 8.24. The molecule has 0 radical (unpaired) electrons. The Hall–Kier alpha value is -0.940. The Morgan fingerprint density at radius 3 is 3.20 bits per heavy atom. The summed E-state index contributed by atoms with van der Waals surface area (Å²) in [6.45, 7) is 2.36. The first-order chi connectivity index (χ1) is 7.36. The topological polar surface area (TPSA) is 47.0 Å². The minimum atomic E-state index is 0.724. The van der Waals surface area contributed by atoms with Gasteiger partial charge in [-0.3, -0.25) is 0 Å². The first kappa shape index (κ1) is 10.6. The average Bonchev–Trinajstić information content (AvgIpc) is 2.29. The van der Waals surface area contributed by atoms with E-state index in [4.69, 9.17) is 4.74 Å². The highest BCUT2D eigenvalue weighted by Crippen LogP contribution is 2.18. The summed E-state index contributed by atoms with van der Waals surface area (Å²) in [5.74, 6) is 0.831. The fourth-order valence-corrected chi connectivity index (χ4v) is 1.73. The van der Waals surface area contributed by atoms with Gasteiger partial charge in [0.1, 0.15) is 12.1 Å². The van der Waals surface area contributed by atoms with Gasteiger partial charge in [0.15, 0.2) is 0 Å². The molecule has 0 unspecified atom stereocenters. The van der Waals surface area contributed by atoms with E-state index in [0.717, 1.165) is 36.5 Å². The lowest BCUT2D eigenvalue weighted by Crippen LogP contribution is -2.13. The van der Waals surface area contributed by atoms with Crippen molar-refractivity contribution in [1.29, 1.82) is 0 Å². The first-order valence-electron chi connectivity index (χ1n) is 4.81. The molecule has 0 saturated carbocycles. The van der Waals surface area contributed by atoms with Crippen LogP contribution in [0.25, 0.3) is 0 Å². The van der Waals surface area contributed by atoms with Crippen molar-refractivity contribution in [3.8, 4) is 0 Å². The summed E-state index contributed by atoms with van der Waals surface area (Å²) in [7, 11) is 0. The van der Waals surface area contributed by atoms with Crippen molar-refractivity contribution >= 4 is 21.7 Å². The number of aromatic nitrogens is 2. The van der Waals surface area contributed by atoms with Gasteiger partial charge in [-0.15, -0.1) is 0 Å². The van der Waals surface area contributed by atoms with E-state index in [1.54, 1.807) is 6.20 Å². The van der Waals surface area contributed by atoms with Crippen molar-refractivity contribution in [3.05, 3.63) is 28.6 Å². The number of nitrogens with zero attached hydrogens (tertiary/aromatic N) is 2. The van der Waals surface area contributed by atoms with E-state index in [1.165, 1.54) is 11.9 Å². The molecule has 1 aromatic rings. The molecule has 1 N–H and O–H groups in total. The fraction of sp³-hybridized carbons (Fsp3) is 0.400. The number of hydrogen-bond acceptors (Lipinski definition) is 4. The highest BCUT2D eigenvalue weighted by molar-refractivity contribution is 9.10. The van der Waals surface area contributed by atoms with E-state index in [0.29, 0.717) is 0 Å². The molecule has 2 heterocycles. The summed E-state index contributed by atoms with van der Waals surface area (Å²) in [6, 6.07) is 0. The van der Waals surface area contributed by atoms with E-state index in [-0.39, 0.29) is 0 Å². The maximum atomic E-state index is 5.24. The Morgan fingerprint density at radius 1 is 1.53 bits per heavy atom. The molecule has 15 heavy (non-hydrogen) atoms. The van der Waals surface area contributed by atoms with Crippen LogP contribution in [0.5, 0.6) is 0 Å². The van der Waals surface area contributed by atoms with Gasteiger partial charge in [0.2, 0.25) is 0 Å². The third-order valence-corrected chi connectivity index (χ3v) is 2.79. The Bertz CT molecular complexity index is 367. The maximum absolute atomic E-state index is 5.24. The molecular formula is C10H12BrN3O. The molecule has 4 nitrogen and oxygen atoms in total. The Kier molecular flexibility index (Phi) is 3.69. The van der Waals surface area contributed by atoms with Gasteiger partial charge in [0.05, 0.1) is 17.7 Å². The van der Waals surface area contributed by atoms with Crippen LogP contribution in [0.3, 0.4) is 0 Å². The molecule has 0 atom stereocenters. The van der Waals surface area contributed by atoms with Crippen molar-refractivity contribution in [1.82, 2.24) is 9.97 Å². The minimum absolute atomic E-state index is 0.724. The van der Waals surface area contributed by atoms with Gasteiger partial charge in [0.25, 0.3) is 0 Å². The second-order valence-electron chi connectivity index (χ2n) is 3.26. The summed E-state index contributed by atoms with van der Waals surface area (Å²) in [4.78, 5) is 8.04. The summed E-state index contributed by atoms with van der Waals surface area (Å²) in [5.41, 5.74) is 1.37. The van der Waals surface area contributed by atoms with Gasteiger partial charge < -0.3 is 10.1 Å². The number of hydrogen-bond donors (Lipinski definition) is 1. The van der Waals surface area contributed by atoms with Crippen LogP contribution in [0, 0.1) is 0 Å². The van der Waals surface area contributed by atoms with E-state index < -0.39 is 0 Å². The molecule has 5 heteroatoms. The second-order valence-corrected chi connectivity index (χ2v) is 4.11. The van der Waals surface area contributed by atoms with Crippen LogP contribution in [0.2, 0.25) is 0 Å². The summed E-state index contributed by atoms with van der Waals surface area (Å²) in [5, 5.41) is 3.26. The monoisotopic (exact) mass is 269 g/mol. The third-order valence-electron chi connectivity index (χ3n) is 2.21. The van der Waals surface area contributed by atoms with Crippen LogP contribution in [0.1, 0.15) is 6.42 Å². The van der Waals surface area contributed by atoms with E-state index in [2.05, 4.69) is 37.3 Å². The van der Waals surface area contributed by atoms with Gasteiger partial charge in [-0.25, -0.2) is 9.97 Å². The Morgan fingerprint density at radius 2 is 2.47 bits per heavy atom. The molecule has 2 rings (SSSR count). The lowest BCUT2D eigenvalue weighted by Gasteiger charge is -2.14. The normalized spacial score (nSPS) is 15.9. The molecule has 0 aromatic carbocycles. The molecular weight excluding hydrogens is 258 g/mol. The highest BCUT2D eigenvalue weighted by atomic mass is 79.9. The molecule has 1 aromatic heterocycles. The number of nitrogens with one attached hydrogen (secondary N) is 1. The number of ether oxygens (including phenoxy) is 1. The molecule has 1 aliphatic heterocycles. The zero-order valence-corrected chi connectivity index (χ0v) is 9.83. The van der Waals surface area contributed by atoms with Crippen molar-refractivity contribution in [3.63, 3.8) is 0 Å². The molecule has 0 aliphatic carbocycles. The predicted octanol–water partition coefficient (Wildman–Crippen LogP) is 2.00. The molecule has 1 aliphatic rings. The molecule has 0 amide bonds. The van der Waals surface area contributed by atoms with Crippen molar-refractivity contribution in [2.75, 3.05) is 25.1 Å². The van der Waals surface area contributed by atoms with Crippen LogP contribution in [-0.4, -0.2) is 29.7 Å². The molecule has 0 spiro atoms. The van der Waals surface area contributed by atoms with Crippen LogP contribution in [0.4, 0.5) is 5.82 Å². The summed E-state index contributed by atoms with van der Waals surface area (Å²) >= 11 is 3.39. The lowest BCUT2D eigenvalue weighted by molar-refractivity contribution is 0.154. The second kappa shape index (κ2) is 5.23. The van der Waals surface area contributed by atoms with E-state index in [1.807, 2.05) is 0 Å². The zero-order chi connectivity index (χ0) is 10.5. The molecule has 0 fully saturated rings. The van der Waals surface area contributed by atoms with Crippen molar-refractivity contribution in [2.45, 2.75) is 6.42 Å². The quantitative estimate of drug-likeness (QED) is 0.853. The van der Waals surface area contributed by atoms with E-state index in [9.17, 15) is 0 Å². The van der Waals surface area contributed by atoms with Crippen LogP contribution in [0.15, 0.2) is 28.6 Å². The summed E-state index contributed by atoms with van der Waals surface area (Å²) in [6.07, 6.45) is 6.38. The third kappa shape index (κ3) is 3.00. The highest BCUT2D eigenvalue weighted by Gasteiger charge is 2.05. The SMILES string of the molecule is Brc1cncnc1NCC1=CCOCC1. The smallest absolute Gasteiger partial charge is 0.143 e. The van der Waals surface area contributed by atoms with Crippen molar-refractivity contribution in [2.24, 2.45) is 0 Å². The largest absolute Gasteiger partial charge is 0.377 e. The van der Waals surface area contributed by atoms with Gasteiger partial charge in [-0.2, -0.15) is 0 Å². The molecule has 80 valence electrons.